The van der Waals surface area contributed by atoms with Crippen LogP contribution < -0.4 is 5.73 Å². The van der Waals surface area contributed by atoms with Crippen LogP contribution in [0.1, 0.15) is 36.8 Å². The number of hydrogen-bond acceptors (Lipinski definition) is 2. The first-order valence-electron chi connectivity index (χ1n) is 7.85. The Balaban J connectivity index is 2.04. The molecule has 0 radical (unpaired) electrons. The van der Waals surface area contributed by atoms with Gasteiger partial charge in [-0.25, -0.2) is 4.39 Å². The Hall–Kier alpha value is -1.42. The molecule has 0 saturated carbocycles. The van der Waals surface area contributed by atoms with E-state index in [1.165, 1.54) is 18.9 Å². The van der Waals surface area contributed by atoms with Gasteiger partial charge in [0, 0.05) is 19.6 Å². The lowest BCUT2D eigenvalue weighted by Crippen LogP contribution is -2.40. The summed E-state index contributed by atoms with van der Waals surface area (Å²) in [5.41, 5.74) is 7.26. The summed E-state index contributed by atoms with van der Waals surface area (Å²) in [5.74, 6) is -0.337. The predicted octanol–water partition coefficient (Wildman–Crippen LogP) is 2.65. The Morgan fingerprint density at radius 3 is 2.52 bits per heavy atom. The molecule has 2 N–H and O–H groups in total. The molecule has 1 aromatic carbocycles. The van der Waals surface area contributed by atoms with Gasteiger partial charge in [-0.3, -0.25) is 4.79 Å². The molecule has 1 atom stereocenters. The normalized spacial score (nSPS) is 17.4. The van der Waals surface area contributed by atoms with E-state index >= 15 is 0 Å². The molecular formula is C17H25FN2O. The minimum absolute atomic E-state index is 0.125. The van der Waals surface area contributed by atoms with E-state index in [1.54, 1.807) is 13.0 Å². The third-order valence-corrected chi connectivity index (χ3v) is 4.27. The number of halogens is 1. The van der Waals surface area contributed by atoms with E-state index in [1.807, 2.05) is 11.0 Å². The van der Waals surface area contributed by atoms with Gasteiger partial charge in [0.25, 0.3) is 0 Å². The Morgan fingerprint density at radius 2 is 1.95 bits per heavy atom. The second-order valence-corrected chi connectivity index (χ2v) is 5.96. The van der Waals surface area contributed by atoms with E-state index in [2.05, 4.69) is 0 Å². The third kappa shape index (κ3) is 4.27. The molecule has 1 saturated heterocycles. The number of nitrogens with zero attached hydrogens (tertiary/aromatic N) is 1. The topological polar surface area (TPSA) is 46.3 Å². The van der Waals surface area contributed by atoms with Gasteiger partial charge < -0.3 is 10.6 Å². The molecule has 1 fully saturated rings. The molecule has 1 aromatic rings. The number of nitrogens with two attached hydrogens (primary N) is 1. The zero-order valence-electron chi connectivity index (χ0n) is 12.8. The summed E-state index contributed by atoms with van der Waals surface area (Å²) in [7, 11) is 0. The number of rotatable bonds is 4. The van der Waals surface area contributed by atoms with Gasteiger partial charge in [-0.15, -0.1) is 0 Å². The minimum Gasteiger partial charge on any atom is -0.342 e. The summed E-state index contributed by atoms with van der Waals surface area (Å²) in [4.78, 5) is 14.5. The molecule has 3 nitrogen and oxygen atoms in total. The molecule has 1 aliphatic rings. The highest BCUT2D eigenvalue weighted by Crippen LogP contribution is 2.17. The Morgan fingerprint density at radius 1 is 1.29 bits per heavy atom. The first kappa shape index (κ1) is 16.0. The second kappa shape index (κ2) is 7.55. The van der Waals surface area contributed by atoms with E-state index in [0.29, 0.717) is 18.5 Å². The van der Waals surface area contributed by atoms with Crippen LogP contribution in [0.2, 0.25) is 0 Å². The van der Waals surface area contributed by atoms with Gasteiger partial charge >= 0.3 is 0 Å². The molecule has 4 heteroatoms. The zero-order valence-corrected chi connectivity index (χ0v) is 12.8. The summed E-state index contributed by atoms with van der Waals surface area (Å²) in [5, 5.41) is 0. The lowest BCUT2D eigenvalue weighted by Gasteiger charge is -2.25. The first-order valence-corrected chi connectivity index (χ1v) is 7.85. The number of carbonyl (C=O) groups is 1. The van der Waals surface area contributed by atoms with Crippen LogP contribution in [0.5, 0.6) is 0 Å². The van der Waals surface area contributed by atoms with Crippen molar-refractivity contribution in [3.8, 4) is 0 Å². The fourth-order valence-corrected chi connectivity index (χ4v) is 2.87. The predicted molar refractivity (Wildman–Crippen MR) is 82.4 cm³/mol. The van der Waals surface area contributed by atoms with Gasteiger partial charge in [-0.1, -0.05) is 25.0 Å². The number of benzene rings is 1. The smallest absolute Gasteiger partial charge is 0.227 e. The van der Waals surface area contributed by atoms with Gasteiger partial charge in [0.1, 0.15) is 5.82 Å². The van der Waals surface area contributed by atoms with E-state index < -0.39 is 0 Å². The molecule has 1 heterocycles. The lowest BCUT2D eigenvalue weighted by atomic mass is 9.97. The van der Waals surface area contributed by atoms with Crippen molar-refractivity contribution in [3.05, 3.63) is 35.1 Å². The van der Waals surface area contributed by atoms with Gasteiger partial charge in [0.15, 0.2) is 0 Å². The van der Waals surface area contributed by atoms with Crippen LogP contribution in [0.15, 0.2) is 18.2 Å². The molecule has 0 aromatic heterocycles. The van der Waals surface area contributed by atoms with Crippen molar-refractivity contribution >= 4 is 5.91 Å². The van der Waals surface area contributed by atoms with Crippen molar-refractivity contribution < 1.29 is 9.18 Å². The molecule has 0 aliphatic carbocycles. The highest BCUT2D eigenvalue weighted by Gasteiger charge is 2.24. The number of carbonyl (C=O) groups excluding carboxylic acids is 1. The molecule has 0 bridgehead atoms. The van der Waals surface area contributed by atoms with E-state index in [9.17, 15) is 9.18 Å². The van der Waals surface area contributed by atoms with E-state index in [-0.39, 0.29) is 17.6 Å². The van der Waals surface area contributed by atoms with E-state index in [0.717, 1.165) is 31.5 Å². The van der Waals surface area contributed by atoms with Crippen LogP contribution in [-0.4, -0.2) is 30.4 Å². The SMILES string of the molecule is Cc1ccc(CC(CN)C(=O)N2CCCCCC2)cc1F. The highest BCUT2D eigenvalue weighted by atomic mass is 19.1. The van der Waals surface area contributed by atoms with Crippen LogP contribution in [-0.2, 0) is 11.2 Å². The Kier molecular flexibility index (Phi) is 5.74. The van der Waals surface area contributed by atoms with Crippen LogP contribution >= 0.6 is 0 Å². The molecule has 1 unspecified atom stereocenters. The molecule has 2 rings (SSSR count). The standard InChI is InChI=1S/C17H25FN2O/c1-13-6-7-14(11-16(13)18)10-15(12-19)17(21)20-8-4-2-3-5-9-20/h6-7,11,15H,2-5,8-10,12,19H2,1H3. The van der Waals surface area contributed by atoms with Crippen molar-refractivity contribution in [2.24, 2.45) is 11.7 Å². The van der Waals surface area contributed by atoms with E-state index in [4.69, 9.17) is 5.73 Å². The summed E-state index contributed by atoms with van der Waals surface area (Å²) in [6, 6.07) is 5.17. The summed E-state index contributed by atoms with van der Waals surface area (Å²) in [6.07, 6.45) is 5.05. The average molecular weight is 292 g/mol. The minimum atomic E-state index is -0.245. The number of hydrogen-bond donors (Lipinski definition) is 1. The first-order chi connectivity index (χ1) is 10.1. The Labute approximate surface area is 126 Å². The molecule has 21 heavy (non-hydrogen) atoms. The maximum absolute atomic E-state index is 13.6. The van der Waals surface area contributed by atoms with Crippen molar-refractivity contribution in [3.63, 3.8) is 0 Å². The largest absolute Gasteiger partial charge is 0.342 e. The quantitative estimate of drug-likeness (QED) is 0.927. The fraction of sp³-hybridized carbons (Fsp3) is 0.588. The Bertz CT molecular complexity index is 482. The number of amides is 1. The van der Waals surface area contributed by atoms with Crippen LogP contribution in [0.3, 0.4) is 0 Å². The molecule has 1 aliphatic heterocycles. The summed E-state index contributed by atoms with van der Waals surface area (Å²) >= 11 is 0. The molecule has 0 spiro atoms. The highest BCUT2D eigenvalue weighted by molar-refractivity contribution is 5.79. The average Bonchev–Trinajstić information content (AvgIpc) is 2.77. The second-order valence-electron chi connectivity index (χ2n) is 5.96. The van der Waals surface area contributed by atoms with Crippen molar-refractivity contribution in [2.75, 3.05) is 19.6 Å². The maximum Gasteiger partial charge on any atom is 0.227 e. The number of aryl methyl sites for hydroxylation is 1. The van der Waals surface area contributed by atoms with Gasteiger partial charge in [0.05, 0.1) is 5.92 Å². The molecular weight excluding hydrogens is 267 g/mol. The fourth-order valence-electron chi connectivity index (χ4n) is 2.87. The molecule has 116 valence electrons. The number of likely N-dealkylation sites (tertiary alicyclic amines) is 1. The molecule has 1 amide bonds. The summed E-state index contributed by atoms with van der Waals surface area (Å²) in [6.45, 7) is 3.71. The van der Waals surface area contributed by atoms with Crippen molar-refractivity contribution in [1.29, 1.82) is 0 Å². The van der Waals surface area contributed by atoms with Crippen molar-refractivity contribution in [1.82, 2.24) is 4.90 Å². The van der Waals surface area contributed by atoms with Crippen LogP contribution in [0, 0.1) is 18.7 Å². The van der Waals surface area contributed by atoms with Gasteiger partial charge in [0.2, 0.25) is 5.91 Å². The van der Waals surface area contributed by atoms with Crippen molar-refractivity contribution in [2.45, 2.75) is 39.0 Å². The summed E-state index contributed by atoms with van der Waals surface area (Å²) < 4.78 is 13.6. The lowest BCUT2D eigenvalue weighted by molar-refractivity contribution is -0.135. The van der Waals surface area contributed by atoms with Crippen LogP contribution in [0.4, 0.5) is 4.39 Å². The van der Waals surface area contributed by atoms with Crippen LogP contribution in [0.25, 0.3) is 0 Å². The monoisotopic (exact) mass is 292 g/mol. The zero-order chi connectivity index (χ0) is 15.2. The van der Waals surface area contributed by atoms with Gasteiger partial charge in [-0.05, 0) is 43.4 Å². The maximum atomic E-state index is 13.6. The third-order valence-electron chi connectivity index (χ3n) is 4.27. The van der Waals surface area contributed by atoms with Gasteiger partial charge in [-0.2, -0.15) is 0 Å².